The average molecular weight is 230 g/mol. The molecule has 0 aliphatic rings. The van der Waals surface area contributed by atoms with Crippen LogP contribution in [0.2, 0.25) is 0 Å². The summed E-state index contributed by atoms with van der Waals surface area (Å²) in [6.45, 7) is 2.09. The molecule has 1 aromatic heterocycles. The van der Waals surface area contributed by atoms with Crippen molar-refractivity contribution in [2.24, 2.45) is 0 Å². The van der Waals surface area contributed by atoms with Gasteiger partial charge in [0.2, 0.25) is 0 Å². The summed E-state index contributed by atoms with van der Waals surface area (Å²) in [6, 6.07) is 10.3. The number of aryl methyl sites for hydroxylation is 1. The highest BCUT2D eigenvalue weighted by molar-refractivity contribution is 7.98. The Bertz CT molecular complexity index is 483. The van der Waals surface area contributed by atoms with Crippen molar-refractivity contribution >= 4 is 23.1 Å². The quantitative estimate of drug-likeness (QED) is 0.810. The van der Waals surface area contributed by atoms with Crippen molar-refractivity contribution in [1.82, 2.24) is 4.98 Å². The molecule has 2 aromatic rings. The lowest BCUT2D eigenvalue weighted by Crippen LogP contribution is -1.93. The van der Waals surface area contributed by atoms with Crippen molar-refractivity contribution in [1.29, 1.82) is 0 Å². The molecule has 3 heteroatoms. The van der Waals surface area contributed by atoms with Crippen LogP contribution in [-0.4, -0.2) is 11.2 Å². The topological polar surface area (TPSA) is 24.9 Å². The summed E-state index contributed by atoms with van der Waals surface area (Å²) in [4.78, 5) is 5.27. The summed E-state index contributed by atoms with van der Waals surface area (Å²) in [5, 5.41) is 3.40. The third-order valence-corrected chi connectivity index (χ3v) is 3.07. The van der Waals surface area contributed by atoms with Gasteiger partial charge in [-0.3, -0.25) is 4.98 Å². The number of thioether (sulfide) groups is 1. The second-order valence-electron chi connectivity index (χ2n) is 3.57. The molecule has 0 radical (unpaired) electrons. The molecule has 2 rings (SSSR count). The van der Waals surface area contributed by atoms with Crippen molar-refractivity contribution < 1.29 is 0 Å². The van der Waals surface area contributed by atoms with E-state index < -0.39 is 0 Å². The van der Waals surface area contributed by atoms with Crippen LogP contribution in [0.5, 0.6) is 0 Å². The lowest BCUT2D eigenvalue weighted by atomic mass is 10.2. The standard InChI is InChI=1S/C13H14N2S/c1-10-4-3-5-11(8-10)15-12-6-7-14-9-13(12)16-2/h3-9H,1-2H3,(H,14,15). The minimum atomic E-state index is 1.10. The van der Waals surface area contributed by atoms with E-state index in [4.69, 9.17) is 0 Å². The Morgan fingerprint density at radius 2 is 2.12 bits per heavy atom. The van der Waals surface area contributed by atoms with Crippen LogP contribution in [0.15, 0.2) is 47.6 Å². The van der Waals surface area contributed by atoms with Gasteiger partial charge in [-0.1, -0.05) is 12.1 Å². The number of hydrogen-bond acceptors (Lipinski definition) is 3. The molecular formula is C13H14N2S. The summed E-state index contributed by atoms with van der Waals surface area (Å²) in [5.74, 6) is 0. The molecule has 0 bridgehead atoms. The number of aromatic nitrogens is 1. The fraction of sp³-hybridized carbons (Fsp3) is 0.154. The maximum Gasteiger partial charge on any atom is 0.0553 e. The van der Waals surface area contributed by atoms with E-state index in [0.717, 1.165) is 16.3 Å². The minimum Gasteiger partial charge on any atom is -0.355 e. The lowest BCUT2D eigenvalue weighted by molar-refractivity contribution is 1.24. The average Bonchev–Trinajstić information content (AvgIpc) is 2.30. The minimum absolute atomic E-state index is 1.10. The van der Waals surface area contributed by atoms with Crippen molar-refractivity contribution in [2.45, 2.75) is 11.8 Å². The molecule has 0 saturated carbocycles. The number of pyridine rings is 1. The molecule has 1 N–H and O–H groups in total. The van der Waals surface area contributed by atoms with Gasteiger partial charge in [-0.2, -0.15) is 0 Å². The first-order valence-corrected chi connectivity index (χ1v) is 6.34. The molecule has 0 atom stereocenters. The smallest absolute Gasteiger partial charge is 0.0553 e. The molecular weight excluding hydrogens is 216 g/mol. The SMILES string of the molecule is CSc1cnccc1Nc1cccc(C)c1. The van der Waals surface area contributed by atoms with E-state index in [1.54, 1.807) is 18.0 Å². The zero-order valence-corrected chi connectivity index (χ0v) is 10.2. The molecule has 0 amide bonds. The highest BCUT2D eigenvalue weighted by Gasteiger charge is 2.01. The fourth-order valence-electron chi connectivity index (χ4n) is 1.52. The van der Waals surface area contributed by atoms with E-state index in [9.17, 15) is 0 Å². The maximum absolute atomic E-state index is 4.11. The van der Waals surface area contributed by atoms with Gasteiger partial charge in [0.05, 0.1) is 5.69 Å². The fourth-order valence-corrected chi connectivity index (χ4v) is 2.03. The zero-order chi connectivity index (χ0) is 11.4. The monoisotopic (exact) mass is 230 g/mol. The van der Waals surface area contributed by atoms with Gasteiger partial charge >= 0.3 is 0 Å². The maximum atomic E-state index is 4.11. The molecule has 1 aromatic carbocycles. The summed E-state index contributed by atoms with van der Waals surface area (Å²) >= 11 is 1.69. The van der Waals surface area contributed by atoms with Crippen LogP contribution in [0.4, 0.5) is 11.4 Å². The van der Waals surface area contributed by atoms with Crippen LogP contribution >= 0.6 is 11.8 Å². The van der Waals surface area contributed by atoms with Gasteiger partial charge in [0.1, 0.15) is 0 Å². The Morgan fingerprint density at radius 3 is 2.88 bits per heavy atom. The number of hydrogen-bond donors (Lipinski definition) is 1. The first-order chi connectivity index (χ1) is 7.79. The molecule has 0 unspecified atom stereocenters. The number of nitrogens with zero attached hydrogens (tertiary/aromatic N) is 1. The van der Waals surface area contributed by atoms with Crippen molar-refractivity contribution in [3.63, 3.8) is 0 Å². The predicted octanol–water partition coefficient (Wildman–Crippen LogP) is 3.86. The van der Waals surface area contributed by atoms with Crippen LogP contribution < -0.4 is 5.32 Å². The number of benzene rings is 1. The van der Waals surface area contributed by atoms with E-state index in [1.165, 1.54) is 5.56 Å². The predicted molar refractivity (Wildman–Crippen MR) is 70.5 cm³/mol. The van der Waals surface area contributed by atoms with Gasteiger partial charge in [-0.05, 0) is 36.9 Å². The Morgan fingerprint density at radius 1 is 1.25 bits per heavy atom. The molecule has 0 aliphatic heterocycles. The van der Waals surface area contributed by atoms with Crippen LogP contribution in [0.25, 0.3) is 0 Å². The van der Waals surface area contributed by atoms with Crippen molar-refractivity contribution in [3.8, 4) is 0 Å². The Hall–Kier alpha value is -1.48. The van der Waals surface area contributed by atoms with E-state index in [2.05, 4.69) is 47.7 Å². The third kappa shape index (κ3) is 2.55. The molecule has 82 valence electrons. The summed E-state index contributed by atoms with van der Waals surface area (Å²) < 4.78 is 0. The number of nitrogens with one attached hydrogen (secondary N) is 1. The van der Waals surface area contributed by atoms with Gasteiger partial charge in [0.25, 0.3) is 0 Å². The van der Waals surface area contributed by atoms with Gasteiger partial charge in [-0.25, -0.2) is 0 Å². The van der Waals surface area contributed by atoms with E-state index in [1.807, 2.05) is 12.3 Å². The normalized spacial score (nSPS) is 10.1. The van der Waals surface area contributed by atoms with E-state index in [0.29, 0.717) is 0 Å². The molecule has 0 spiro atoms. The Labute approximate surface area is 100 Å². The first kappa shape index (κ1) is 11.0. The number of anilines is 2. The molecule has 1 heterocycles. The third-order valence-electron chi connectivity index (χ3n) is 2.30. The number of rotatable bonds is 3. The lowest BCUT2D eigenvalue weighted by Gasteiger charge is -2.10. The van der Waals surface area contributed by atoms with Crippen LogP contribution in [0, 0.1) is 6.92 Å². The Balaban J connectivity index is 2.26. The largest absolute Gasteiger partial charge is 0.355 e. The summed E-state index contributed by atoms with van der Waals surface area (Å²) in [6.07, 6.45) is 5.74. The summed E-state index contributed by atoms with van der Waals surface area (Å²) in [7, 11) is 0. The second-order valence-corrected chi connectivity index (χ2v) is 4.42. The summed E-state index contributed by atoms with van der Waals surface area (Å²) in [5.41, 5.74) is 3.47. The van der Waals surface area contributed by atoms with Crippen LogP contribution in [0.1, 0.15) is 5.56 Å². The molecule has 0 saturated heterocycles. The van der Waals surface area contributed by atoms with Gasteiger partial charge in [-0.15, -0.1) is 11.8 Å². The van der Waals surface area contributed by atoms with Crippen LogP contribution in [-0.2, 0) is 0 Å². The van der Waals surface area contributed by atoms with Gasteiger partial charge in [0, 0.05) is 23.0 Å². The van der Waals surface area contributed by atoms with E-state index in [-0.39, 0.29) is 0 Å². The van der Waals surface area contributed by atoms with Gasteiger partial charge < -0.3 is 5.32 Å². The van der Waals surface area contributed by atoms with Gasteiger partial charge in [0.15, 0.2) is 0 Å². The molecule has 2 nitrogen and oxygen atoms in total. The highest BCUT2D eigenvalue weighted by Crippen LogP contribution is 2.26. The van der Waals surface area contributed by atoms with Crippen LogP contribution in [0.3, 0.4) is 0 Å². The second kappa shape index (κ2) is 5.03. The highest BCUT2D eigenvalue weighted by atomic mass is 32.2. The van der Waals surface area contributed by atoms with Crippen molar-refractivity contribution in [2.75, 3.05) is 11.6 Å². The molecule has 0 aliphatic carbocycles. The van der Waals surface area contributed by atoms with E-state index >= 15 is 0 Å². The Kier molecular flexibility index (Phi) is 3.47. The zero-order valence-electron chi connectivity index (χ0n) is 9.40. The first-order valence-electron chi connectivity index (χ1n) is 5.11. The molecule has 0 fully saturated rings. The van der Waals surface area contributed by atoms with Crippen molar-refractivity contribution in [3.05, 3.63) is 48.3 Å². The molecule has 16 heavy (non-hydrogen) atoms.